The summed E-state index contributed by atoms with van der Waals surface area (Å²) in [6.07, 6.45) is 3.47. The van der Waals surface area contributed by atoms with Crippen molar-refractivity contribution in [1.29, 1.82) is 0 Å². The van der Waals surface area contributed by atoms with Crippen LogP contribution in [-0.4, -0.2) is 71.1 Å². The first kappa shape index (κ1) is 21.7. The number of amides is 2. The first-order valence-electron chi connectivity index (χ1n) is 10.5. The van der Waals surface area contributed by atoms with Gasteiger partial charge in [0, 0.05) is 69.3 Å². The number of H-pyrrole nitrogens is 1. The number of thiazole rings is 1. The number of carbonyl (C=O) groups excluding carboxylic acids is 1. The number of nitrogens with one attached hydrogen (secondary N) is 2. The molecular formula is C22H23BrN8OS. The first-order valence-corrected chi connectivity index (χ1v) is 12.2. The van der Waals surface area contributed by atoms with E-state index in [4.69, 9.17) is 4.98 Å². The van der Waals surface area contributed by atoms with Crippen LogP contribution in [0.25, 0.3) is 22.6 Å². The summed E-state index contributed by atoms with van der Waals surface area (Å²) in [6, 6.07) is 8.14. The molecule has 5 rings (SSSR count). The molecule has 0 spiro atoms. The van der Waals surface area contributed by atoms with Crippen LogP contribution < -0.4 is 15.1 Å². The molecule has 1 aliphatic heterocycles. The van der Waals surface area contributed by atoms with E-state index in [0.717, 1.165) is 32.8 Å². The number of aromatic amines is 1. The maximum Gasteiger partial charge on any atom is 0.323 e. The molecule has 2 amide bonds. The Morgan fingerprint density at radius 1 is 1.15 bits per heavy atom. The third-order valence-electron chi connectivity index (χ3n) is 5.63. The van der Waals surface area contributed by atoms with Crippen LogP contribution in [0.15, 0.2) is 46.5 Å². The van der Waals surface area contributed by atoms with Crippen LogP contribution in [-0.2, 0) is 0 Å². The molecule has 0 atom stereocenters. The van der Waals surface area contributed by atoms with Crippen molar-refractivity contribution in [3.63, 3.8) is 0 Å². The molecule has 3 aromatic heterocycles. The Balaban J connectivity index is 1.36. The zero-order chi connectivity index (χ0) is 22.9. The molecule has 0 radical (unpaired) electrons. The number of imidazole rings is 1. The lowest BCUT2D eigenvalue weighted by Gasteiger charge is -2.36. The normalized spacial score (nSPS) is 14.0. The number of rotatable bonds is 4. The van der Waals surface area contributed by atoms with E-state index in [2.05, 4.69) is 70.3 Å². The van der Waals surface area contributed by atoms with Gasteiger partial charge in [0.05, 0.1) is 10.2 Å². The SMILES string of the molecule is CN(C)c1ccc(-c2nc3ncc(Br)c(N4CCN(C(=O)Nc5nccs5)CC4)c3[nH]2)cc1. The number of anilines is 3. The van der Waals surface area contributed by atoms with E-state index >= 15 is 0 Å². The van der Waals surface area contributed by atoms with E-state index < -0.39 is 0 Å². The van der Waals surface area contributed by atoms with Gasteiger partial charge in [0.15, 0.2) is 10.8 Å². The van der Waals surface area contributed by atoms with Crippen molar-refractivity contribution in [1.82, 2.24) is 24.8 Å². The minimum Gasteiger partial charge on any atom is -0.378 e. The van der Waals surface area contributed by atoms with Crippen molar-refractivity contribution in [2.24, 2.45) is 0 Å². The Kier molecular flexibility index (Phi) is 5.90. The average molecular weight is 527 g/mol. The number of pyridine rings is 1. The van der Waals surface area contributed by atoms with Crippen LogP contribution >= 0.6 is 27.3 Å². The smallest absolute Gasteiger partial charge is 0.323 e. The van der Waals surface area contributed by atoms with Crippen molar-refractivity contribution >= 4 is 61.0 Å². The molecule has 33 heavy (non-hydrogen) atoms. The van der Waals surface area contributed by atoms with Gasteiger partial charge in [-0.3, -0.25) is 5.32 Å². The molecule has 4 heterocycles. The Bertz CT molecular complexity index is 1260. The number of benzene rings is 1. The minimum atomic E-state index is -0.117. The van der Waals surface area contributed by atoms with Crippen molar-refractivity contribution < 1.29 is 4.79 Å². The molecule has 1 saturated heterocycles. The number of halogens is 1. The van der Waals surface area contributed by atoms with Crippen LogP contribution in [0, 0.1) is 0 Å². The molecule has 0 aliphatic carbocycles. The molecular weight excluding hydrogens is 504 g/mol. The zero-order valence-electron chi connectivity index (χ0n) is 18.2. The van der Waals surface area contributed by atoms with Gasteiger partial charge in [0.25, 0.3) is 0 Å². The second kappa shape index (κ2) is 8.99. The quantitative estimate of drug-likeness (QED) is 0.412. The summed E-state index contributed by atoms with van der Waals surface area (Å²) in [5.74, 6) is 0.781. The van der Waals surface area contributed by atoms with E-state index in [-0.39, 0.29) is 6.03 Å². The number of hydrogen-bond acceptors (Lipinski definition) is 7. The number of nitrogens with zero attached hydrogens (tertiary/aromatic N) is 6. The molecule has 0 unspecified atom stereocenters. The standard InChI is InChI=1S/C22H23BrN8OS/c1-29(2)15-5-3-14(4-6-15)19-26-17-18(16(23)13-25-20(17)27-19)30-8-10-31(11-9-30)22(32)28-21-24-7-12-33-21/h3-7,12-13H,8-11H2,1-2H3,(H,24,28,32)(H,25,26,27). The maximum absolute atomic E-state index is 12.5. The average Bonchev–Trinajstić information content (AvgIpc) is 3.49. The third-order valence-corrected chi connectivity index (χ3v) is 6.90. The lowest BCUT2D eigenvalue weighted by Crippen LogP contribution is -2.50. The molecule has 1 aromatic carbocycles. The van der Waals surface area contributed by atoms with Crippen molar-refractivity contribution in [2.75, 3.05) is 55.4 Å². The van der Waals surface area contributed by atoms with Gasteiger partial charge in [-0.1, -0.05) is 0 Å². The molecule has 0 saturated carbocycles. The second-order valence-electron chi connectivity index (χ2n) is 7.92. The fourth-order valence-electron chi connectivity index (χ4n) is 3.87. The van der Waals surface area contributed by atoms with Crippen molar-refractivity contribution in [3.05, 3.63) is 46.5 Å². The number of fused-ring (bicyclic) bond motifs is 1. The van der Waals surface area contributed by atoms with Gasteiger partial charge in [-0.15, -0.1) is 11.3 Å². The Morgan fingerprint density at radius 2 is 1.91 bits per heavy atom. The summed E-state index contributed by atoms with van der Waals surface area (Å²) < 4.78 is 0.897. The lowest BCUT2D eigenvalue weighted by atomic mass is 10.2. The number of piperazine rings is 1. The van der Waals surface area contributed by atoms with E-state index in [0.29, 0.717) is 37.0 Å². The summed E-state index contributed by atoms with van der Waals surface area (Å²) in [5.41, 5.74) is 4.71. The fraction of sp³-hybridized carbons (Fsp3) is 0.273. The van der Waals surface area contributed by atoms with Gasteiger partial charge in [-0.25, -0.2) is 19.7 Å². The van der Waals surface area contributed by atoms with Crippen molar-refractivity contribution in [2.45, 2.75) is 0 Å². The monoisotopic (exact) mass is 526 g/mol. The molecule has 0 bridgehead atoms. The summed E-state index contributed by atoms with van der Waals surface area (Å²) in [4.78, 5) is 35.5. The maximum atomic E-state index is 12.5. The summed E-state index contributed by atoms with van der Waals surface area (Å²) >= 11 is 5.08. The molecule has 1 fully saturated rings. The number of hydrogen-bond donors (Lipinski definition) is 2. The zero-order valence-corrected chi connectivity index (χ0v) is 20.7. The highest BCUT2D eigenvalue weighted by Crippen LogP contribution is 2.34. The predicted octanol–water partition coefficient (Wildman–Crippen LogP) is 4.26. The van der Waals surface area contributed by atoms with E-state index in [1.54, 1.807) is 12.4 Å². The highest BCUT2D eigenvalue weighted by atomic mass is 79.9. The number of aromatic nitrogens is 4. The molecule has 2 N–H and O–H groups in total. The molecule has 11 heteroatoms. The number of carbonyl (C=O) groups is 1. The van der Waals surface area contributed by atoms with Gasteiger partial charge >= 0.3 is 6.03 Å². The summed E-state index contributed by atoms with van der Waals surface area (Å²) in [6.45, 7) is 2.63. The topological polar surface area (TPSA) is 93.3 Å². The van der Waals surface area contributed by atoms with Gasteiger partial charge in [-0.2, -0.15) is 0 Å². The lowest BCUT2D eigenvalue weighted by molar-refractivity contribution is 0.208. The van der Waals surface area contributed by atoms with Gasteiger partial charge < -0.3 is 19.7 Å². The molecule has 1 aliphatic rings. The van der Waals surface area contributed by atoms with Gasteiger partial charge in [-0.05, 0) is 40.2 Å². The van der Waals surface area contributed by atoms with Crippen LogP contribution in [0.1, 0.15) is 0 Å². The Hall–Kier alpha value is -3.18. The highest BCUT2D eigenvalue weighted by Gasteiger charge is 2.25. The van der Waals surface area contributed by atoms with E-state index in [1.807, 2.05) is 24.4 Å². The number of urea groups is 1. The second-order valence-corrected chi connectivity index (χ2v) is 9.67. The summed E-state index contributed by atoms with van der Waals surface area (Å²) in [7, 11) is 4.04. The van der Waals surface area contributed by atoms with Crippen LogP contribution in [0.4, 0.5) is 21.3 Å². The van der Waals surface area contributed by atoms with Crippen LogP contribution in [0.5, 0.6) is 0 Å². The Morgan fingerprint density at radius 3 is 2.58 bits per heavy atom. The summed E-state index contributed by atoms with van der Waals surface area (Å²) in [5, 5.41) is 5.31. The predicted molar refractivity (Wildman–Crippen MR) is 136 cm³/mol. The largest absolute Gasteiger partial charge is 0.378 e. The van der Waals surface area contributed by atoms with E-state index in [1.165, 1.54) is 11.3 Å². The van der Waals surface area contributed by atoms with Crippen LogP contribution in [0.3, 0.4) is 0 Å². The Labute approximate surface area is 203 Å². The van der Waals surface area contributed by atoms with Crippen molar-refractivity contribution in [3.8, 4) is 11.4 Å². The highest BCUT2D eigenvalue weighted by molar-refractivity contribution is 9.10. The van der Waals surface area contributed by atoms with Crippen LogP contribution in [0.2, 0.25) is 0 Å². The minimum absolute atomic E-state index is 0.117. The molecule has 4 aromatic rings. The third kappa shape index (κ3) is 4.38. The van der Waals surface area contributed by atoms with E-state index in [9.17, 15) is 4.79 Å². The van der Waals surface area contributed by atoms with Gasteiger partial charge in [0.1, 0.15) is 11.3 Å². The fourth-order valence-corrected chi connectivity index (χ4v) is 4.94. The molecule has 170 valence electrons. The first-order chi connectivity index (χ1) is 16.0. The van der Waals surface area contributed by atoms with Gasteiger partial charge in [0.2, 0.25) is 0 Å². The molecule has 9 nitrogen and oxygen atoms in total.